The highest BCUT2D eigenvalue weighted by molar-refractivity contribution is 5.79. The summed E-state index contributed by atoms with van der Waals surface area (Å²) in [4.78, 5) is 11.2. The second-order valence-corrected chi connectivity index (χ2v) is 4.01. The summed E-state index contributed by atoms with van der Waals surface area (Å²) in [5.41, 5.74) is 1.63. The van der Waals surface area contributed by atoms with Crippen molar-refractivity contribution in [3.63, 3.8) is 0 Å². The van der Waals surface area contributed by atoms with E-state index in [1.54, 1.807) is 7.11 Å². The third-order valence-electron chi connectivity index (χ3n) is 2.82. The van der Waals surface area contributed by atoms with Crippen LogP contribution in [0, 0.1) is 0 Å². The highest BCUT2D eigenvalue weighted by atomic mass is 16.5. The number of anilines is 1. The molecule has 0 spiro atoms. The van der Waals surface area contributed by atoms with E-state index in [1.165, 1.54) is 0 Å². The Bertz CT molecular complexity index is 443. The van der Waals surface area contributed by atoms with E-state index in [2.05, 4.69) is 17.2 Å². The minimum absolute atomic E-state index is 0.0353. The monoisotopic (exact) mass is 232 g/mol. The summed E-state index contributed by atoms with van der Waals surface area (Å²) in [5, 5.41) is 6.08. The van der Waals surface area contributed by atoms with Crippen LogP contribution in [-0.4, -0.2) is 19.1 Å². The molecular formula is C13H16N2O2. The fourth-order valence-electron chi connectivity index (χ4n) is 1.89. The molecule has 0 aromatic heterocycles. The molecule has 1 unspecified atom stereocenters. The van der Waals surface area contributed by atoms with E-state index >= 15 is 0 Å². The van der Waals surface area contributed by atoms with Gasteiger partial charge in [0, 0.05) is 12.1 Å². The molecule has 1 aliphatic heterocycles. The Kier molecular flexibility index (Phi) is 3.32. The first-order valence-electron chi connectivity index (χ1n) is 5.59. The van der Waals surface area contributed by atoms with Crippen molar-refractivity contribution in [1.82, 2.24) is 5.32 Å². The van der Waals surface area contributed by atoms with Crippen LogP contribution in [0.5, 0.6) is 5.75 Å². The van der Waals surface area contributed by atoms with Gasteiger partial charge in [-0.25, -0.2) is 0 Å². The number of para-hydroxylation sites is 2. The van der Waals surface area contributed by atoms with Gasteiger partial charge in [0.25, 0.3) is 0 Å². The first-order chi connectivity index (χ1) is 8.20. The normalized spacial score (nSPS) is 19.7. The van der Waals surface area contributed by atoms with E-state index in [1.807, 2.05) is 24.3 Å². The molecule has 0 aliphatic carbocycles. The second-order valence-electron chi connectivity index (χ2n) is 4.01. The van der Waals surface area contributed by atoms with E-state index in [4.69, 9.17) is 4.74 Å². The molecule has 1 atom stereocenters. The third-order valence-corrected chi connectivity index (χ3v) is 2.82. The number of hydrogen-bond donors (Lipinski definition) is 2. The van der Waals surface area contributed by atoms with Crippen LogP contribution < -0.4 is 15.4 Å². The van der Waals surface area contributed by atoms with Gasteiger partial charge in [0.1, 0.15) is 5.75 Å². The zero-order valence-corrected chi connectivity index (χ0v) is 9.82. The first kappa shape index (κ1) is 11.5. The minimum Gasteiger partial charge on any atom is -0.495 e. The number of amides is 1. The zero-order valence-electron chi connectivity index (χ0n) is 9.82. The molecule has 4 heteroatoms. The lowest BCUT2D eigenvalue weighted by Gasteiger charge is -2.27. The maximum absolute atomic E-state index is 11.2. The second kappa shape index (κ2) is 4.91. The molecule has 2 rings (SSSR count). The van der Waals surface area contributed by atoms with Gasteiger partial charge in [-0.2, -0.15) is 0 Å². The lowest BCUT2D eigenvalue weighted by molar-refractivity contribution is -0.121. The summed E-state index contributed by atoms with van der Waals surface area (Å²) < 4.78 is 5.26. The van der Waals surface area contributed by atoms with Crippen molar-refractivity contribution in [2.24, 2.45) is 0 Å². The first-order valence-corrected chi connectivity index (χ1v) is 5.59. The predicted molar refractivity (Wildman–Crippen MR) is 66.9 cm³/mol. The van der Waals surface area contributed by atoms with Gasteiger partial charge < -0.3 is 15.4 Å². The Morgan fingerprint density at radius 2 is 2.24 bits per heavy atom. The molecule has 17 heavy (non-hydrogen) atoms. The largest absolute Gasteiger partial charge is 0.495 e. The molecular weight excluding hydrogens is 216 g/mol. The molecule has 1 amide bonds. The van der Waals surface area contributed by atoms with Crippen molar-refractivity contribution < 1.29 is 9.53 Å². The lowest BCUT2D eigenvalue weighted by Crippen LogP contribution is -2.39. The Morgan fingerprint density at radius 1 is 1.47 bits per heavy atom. The van der Waals surface area contributed by atoms with Crippen molar-refractivity contribution in [3.8, 4) is 5.75 Å². The van der Waals surface area contributed by atoms with Crippen molar-refractivity contribution in [2.45, 2.75) is 18.9 Å². The smallest absolute Gasteiger partial charge is 0.224 e. The number of methoxy groups -OCH3 is 1. The van der Waals surface area contributed by atoms with Crippen molar-refractivity contribution >= 4 is 11.6 Å². The molecule has 2 N–H and O–H groups in total. The molecule has 1 aromatic rings. The van der Waals surface area contributed by atoms with Crippen LogP contribution in [0.1, 0.15) is 12.8 Å². The number of benzene rings is 1. The quantitative estimate of drug-likeness (QED) is 0.836. The van der Waals surface area contributed by atoms with E-state index in [0.717, 1.165) is 17.9 Å². The van der Waals surface area contributed by atoms with E-state index in [9.17, 15) is 4.79 Å². The Hall–Kier alpha value is -1.97. The number of carbonyl (C=O) groups excluding carboxylic acids is 1. The molecule has 4 nitrogen and oxygen atoms in total. The molecule has 1 fully saturated rings. The summed E-state index contributed by atoms with van der Waals surface area (Å²) >= 11 is 0. The number of piperidine rings is 1. The Labute approximate surface area is 101 Å². The van der Waals surface area contributed by atoms with Crippen LogP contribution in [-0.2, 0) is 4.79 Å². The molecule has 0 saturated carbocycles. The standard InChI is InChI=1S/C13H16N2O2/c1-9-10(7-8-13(16)14-9)15-11-5-3-4-6-12(11)17-2/h3-6,10,15H,1,7-8H2,2H3,(H,14,16). The van der Waals surface area contributed by atoms with Gasteiger partial charge in [0.15, 0.2) is 0 Å². The average molecular weight is 232 g/mol. The lowest BCUT2D eigenvalue weighted by atomic mass is 10.0. The maximum atomic E-state index is 11.2. The molecule has 1 aromatic carbocycles. The summed E-state index contributed by atoms with van der Waals surface area (Å²) in [6, 6.07) is 7.76. The molecule has 1 aliphatic rings. The van der Waals surface area contributed by atoms with Gasteiger partial charge in [-0.1, -0.05) is 18.7 Å². The topological polar surface area (TPSA) is 50.4 Å². The number of carbonyl (C=O) groups is 1. The third kappa shape index (κ3) is 2.58. The van der Waals surface area contributed by atoms with Gasteiger partial charge in [-0.15, -0.1) is 0 Å². The number of hydrogen-bond acceptors (Lipinski definition) is 3. The molecule has 1 heterocycles. The highest BCUT2D eigenvalue weighted by Crippen LogP contribution is 2.26. The van der Waals surface area contributed by atoms with Crippen LogP contribution in [0.4, 0.5) is 5.69 Å². The van der Waals surface area contributed by atoms with E-state index < -0.39 is 0 Å². The molecule has 90 valence electrons. The highest BCUT2D eigenvalue weighted by Gasteiger charge is 2.22. The van der Waals surface area contributed by atoms with Gasteiger partial charge in [-0.3, -0.25) is 4.79 Å². The van der Waals surface area contributed by atoms with Crippen LogP contribution >= 0.6 is 0 Å². The number of ether oxygens (including phenoxy) is 1. The van der Waals surface area contributed by atoms with E-state index in [-0.39, 0.29) is 11.9 Å². The van der Waals surface area contributed by atoms with Gasteiger partial charge in [-0.05, 0) is 18.6 Å². The Balaban J connectivity index is 2.10. The zero-order chi connectivity index (χ0) is 12.3. The fourth-order valence-corrected chi connectivity index (χ4v) is 1.89. The summed E-state index contributed by atoms with van der Waals surface area (Å²) in [5.74, 6) is 0.824. The van der Waals surface area contributed by atoms with Gasteiger partial charge in [0.05, 0.1) is 18.8 Å². The summed E-state index contributed by atoms with van der Waals surface area (Å²) in [6.07, 6.45) is 1.27. The van der Waals surface area contributed by atoms with E-state index in [0.29, 0.717) is 12.1 Å². The number of rotatable bonds is 3. The van der Waals surface area contributed by atoms with Crippen LogP contribution in [0.2, 0.25) is 0 Å². The molecule has 0 bridgehead atoms. The number of nitrogens with one attached hydrogen (secondary N) is 2. The summed E-state index contributed by atoms with van der Waals surface area (Å²) in [6.45, 7) is 3.86. The SMILES string of the molecule is C=C1NC(=O)CCC1Nc1ccccc1OC. The summed E-state index contributed by atoms with van der Waals surface area (Å²) in [7, 11) is 1.64. The van der Waals surface area contributed by atoms with Gasteiger partial charge >= 0.3 is 0 Å². The van der Waals surface area contributed by atoms with Gasteiger partial charge in [0.2, 0.25) is 5.91 Å². The maximum Gasteiger partial charge on any atom is 0.224 e. The van der Waals surface area contributed by atoms with Crippen molar-refractivity contribution in [3.05, 3.63) is 36.5 Å². The fraction of sp³-hybridized carbons (Fsp3) is 0.308. The molecule has 0 radical (unpaired) electrons. The molecule has 1 saturated heterocycles. The van der Waals surface area contributed by atoms with Crippen molar-refractivity contribution in [2.75, 3.05) is 12.4 Å². The van der Waals surface area contributed by atoms with Crippen LogP contribution in [0.15, 0.2) is 36.5 Å². The Morgan fingerprint density at radius 3 is 2.94 bits per heavy atom. The van der Waals surface area contributed by atoms with Crippen molar-refractivity contribution in [1.29, 1.82) is 0 Å². The van der Waals surface area contributed by atoms with Crippen LogP contribution in [0.3, 0.4) is 0 Å². The average Bonchev–Trinajstić information content (AvgIpc) is 2.33. The van der Waals surface area contributed by atoms with Crippen LogP contribution in [0.25, 0.3) is 0 Å². The predicted octanol–water partition coefficient (Wildman–Crippen LogP) is 1.90. The minimum atomic E-state index is 0.0353.